The van der Waals surface area contributed by atoms with E-state index in [0.29, 0.717) is 12.5 Å². The van der Waals surface area contributed by atoms with E-state index in [2.05, 4.69) is 19.8 Å². The maximum Gasteiger partial charge on any atom is 0.148 e. The van der Waals surface area contributed by atoms with Crippen LogP contribution in [-0.4, -0.2) is 6.61 Å². The lowest BCUT2D eigenvalue weighted by Crippen LogP contribution is -1.99. The Hall–Kier alpha value is -1.13. The van der Waals surface area contributed by atoms with E-state index in [1.54, 1.807) is 6.07 Å². The van der Waals surface area contributed by atoms with Gasteiger partial charge in [0, 0.05) is 5.02 Å². The molecule has 0 saturated carbocycles. The van der Waals surface area contributed by atoms with Crippen LogP contribution in [0.5, 0.6) is 5.75 Å². The minimum absolute atomic E-state index is 0.293. The van der Waals surface area contributed by atoms with Gasteiger partial charge in [-0.3, -0.25) is 0 Å². The fourth-order valence-corrected chi connectivity index (χ4v) is 1.40. The molecule has 0 amide bonds. The number of benzene rings is 1. The van der Waals surface area contributed by atoms with Gasteiger partial charge < -0.3 is 4.74 Å². The van der Waals surface area contributed by atoms with E-state index >= 15 is 0 Å². The number of hydrogen-bond acceptors (Lipinski definition) is 1. The second kappa shape index (κ2) is 8.07. The molecule has 0 unspecified atom stereocenters. The third-order valence-corrected chi connectivity index (χ3v) is 2.14. The average Bonchev–Trinajstić information content (AvgIpc) is 2.30. The van der Waals surface area contributed by atoms with E-state index in [1.807, 2.05) is 26.0 Å². The first kappa shape index (κ1) is 14.9. The van der Waals surface area contributed by atoms with Gasteiger partial charge >= 0.3 is 0 Å². The van der Waals surface area contributed by atoms with Gasteiger partial charge in [0.05, 0.1) is 0 Å². The minimum atomic E-state index is 0.293. The maximum atomic E-state index is 5.90. The van der Waals surface area contributed by atoms with E-state index < -0.39 is 0 Å². The summed E-state index contributed by atoms with van der Waals surface area (Å²) in [6.07, 6.45) is 5.13. The van der Waals surface area contributed by atoms with Crippen molar-refractivity contribution in [3.63, 3.8) is 0 Å². The van der Waals surface area contributed by atoms with Crippen LogP contribution in [0.4, 0.5) is 0 Å². The second-order valence-electron chi connectivity index (χ2n) is 3.33. The molecule has 1 rings (SSSR count). The van der Waals surface area contributed by atoms with E-state index in [0.717, 1.165) is 16.3 Å². The summed E-state index contributed by atoms with van der Waals surface area (Å²) < 4.78 is 5.41. The van der Waals surface area contributed by atoms with Gasteiger partial charge in [0.15, 0.2) is 0 Å². The Bertz CT molecular complexity index is 350. The molecule has 0 heterocycles. The third kappa shape index (κ3) is 4.59. The Labute approximate surface area is 104 Å². The van der Waals surface area contributed by atoms with E-state index in [-0.39, 0.29) is 0 Å². The zero-order valence-corrected chi connectivity index (χ0v) is 11.1. The molecule has 0 saturated heterocycles. The summed E-state index contributed by atoms with van der Waals surface area (Å²) in [4.78, 5) is 0. The minimum Gasteiger partial charge on any atom is -0.481 e. The molecule has 1 aromatic carbocycles. The molecule has 0 aromatic heterocycles. The molecule has 1 nitrogen and oxygen atoms in total. The molecule has 0 fully saturated rings. The van der Waals surface area contributed by atoms with Crippen molar-refractivity contribution in [2.24, 2.45) is 0 Å². The Balaban J connectivity index is 0.00000106. The van der Waals surface area contributed by atoms with Crippen molar-refractivity contribution in [3.8, 4) is 18.1 Å². The highest BCUT2D eigenvalue weighted by molar-refractivity contribution is 6.30. The van der Waals surface area contributed by atoms with Crippen LogP contribution >= 0.6 is 11.6 Å². The molecule has 88 valence electrons. The lowest BCUT2D eigenvalue weighted by Gasteiger charge is -2.12. The zero-order valence-electron chi connectivity index (χ0n) is 10.4. The Morgan fingerprint density at radius 3 is 2.50 bits per heavy atom. The number of rotatable bonds is 3. The first-order chi connectivity index (χ1) is 7.65. The number of ether oxygens (including phenoxy) is 1. The SMILES string of the molecule is C#CCOc1ccc(Cl)cc1C(C)C.CC. The van der Waals surface area contributed by atoms with Crippen LogP contribution in [0.2, 0.25) is 5.02 Å². The fourth-order valence-electron chi connectivity index (χ4n) is 1.22. The smallest absolute Gasteiger partial charge is 0.148 e. The first-order valence-corrected chi connectivity index (χ1v) is 5.88. The number of halogens is 1. The summed E-state index contributed by atoms with van der Waals surface area (Å²) in [6, 6.07) is 5.58. The van der Waals surface area contributed by atoms with Gasteiger partial charge in [-0.2, -0.15) is 0 Å². The molecule has 0 aliphatic carbocycles. The summed E-state index contributed by atoms with van der Waals surface area (Å²) in [6.45, 7) is 8.48. The van der Waals surface area contributed by atoms with Crippen LogP contribution in [0.25, 0.3) is 0 Å². The Kier molecular flexibility index (Phi) is 7.50. The van der Waals surface area contributed by atoms with Crippen molar-refractivity contribution in [2.45, 2.75) is 33.6 Å². The monoisotopic (exact) mass is 238 g/mol. The molecule has 0 spiro atoms. The van der Waals surface area contributed by atoms with E-state index in [1.165, 1.54) is 0 Å². The maximum absolute atomic E-state index is 5.90. The molecule has 0 aliphatic heterocycles. The summed E-state index contributed by atoms with van der Waals surface area (Å²) >= 11 is 5.90. The van der Waals surface area contributed by atoms with E-state index in [9.17, 15) is 0 Å². The van der Waals surface area contributed by atoms with Crippen LogP contribution in [0, 0.1) is 12.3 Å². The quantitative estimate of drug-likeness (QED) is 0.705. The average molecular weight is 239 g/mol. The Morgan fingerprint density at radius 1 is 1.38 bits per heavy atom. The molecule has 0 N–H and O–H groups in total. The normalized spacial score (nSPS) is 9.06. The van der Waals surface area contributed by atoms with Crippen LogP contribution in [0.15, 0.2) is 18.2 Å². The highest BCUT2D eigenvalue weighted by atomic mass is 35.5. The van der Waals surface area contributed by atoms with Crippen molar-refractivity contribution in [3.05, 3.63) is 28.8 Å². The molecule has 0 aliphatic rings. The highest BCUT2D eigenvalue weighted by Gasteiger charge is 2.07. The van der Waals surface area contributed by atoms with Crippen LogP contribution in [0.1, 0.15) is 39.2 Å². The van der Waals surface area contributed by atoms with Crippen molar-refractivity contribution < 1.29 is 4.74 Å². The molecule has 16 heavy (non-hydrogen) atoms. The van der Waals surface area contributed by atoms with Gasteiger partial charge in [0.25, 0.3) is 0 Å². The second-order valence-corrected chi connectivity index (χ2v) is 3.77. The van der Waals surface area contributed by atoms with Crippen molar-refractivity contribution in [1.82, 2.24) is 0 Å². The predicted octanol–water partition coefficient (Wildman–Crippen LogP) is 4.50. The number of hydrogen-bond donors (Lipinski definition) is 0. The molecule has 0 bridgehead atoms. The van der Waals surface area contributed by atoms with Gasteiger partial charge in [-0.05, 0) is 29.7 Å². The lowest BCUT2D eigenvalue weighted by molar-refractivity contribution is 0.364. The van der Waals surface area contributed by atoms with Crippen molar-refractivity contribution >= 4 is 11.6 Å². The Morgan fingerprint density at radius 2 is 2.00 bits per heavy atom. The summed E-state index contributed by atoms with van der Waals surface area (Å²) in [7, 11) is 0. The topological polar surface area (TPSA) is 9.23 Å². The molecule has 2 heteroatoms. The molecule has 0 radical (unpaired) electrons. The zero-order chi connectivity index (χ0) is 12.6. The summed E-state index contributed by atoms with van der Waals surface area (Å²) in [5.41, 5.74) is 1.09. The van der Waals surface area contributed by atoms with E-state index in [4.69, 9.17) is 22.8 Å². The van der Waals surface area contributed by atoms with Gasteiger partial charge in [-0.25, -0.2) is 0 Å². The molecular weight excluding hydrogens is 220 g/mol. The molecule has 0 atom stereocenters. The number of terminal acetylenes is 1. The largest absolute Gasteiger partial charge is 0.481 e. The van der Waals surface area contributed by atoms with Gasteiger partial charge in [-0.1, -0.05) is 45.2 Å². The predicted molar refractivity (Wildman–Crippen MR) is 71.2 cm³/mol. The van der Waals surface area contributed by atoms with Gasteiger partial charge in [-0.15, -0.1) is 6.42 Å². The van der Waals surface area contributed by atoms with Crippen molar-refractivity contribution in [2.75, 3.05) is 6.61 Å². The summed E-state index contributed by atoms with van der Waals surface area (Å²) in [5, 5.41) is 0.724. The van der Waals surface area contributed by atoms with Crippen LogP contribution in [-0.2, 0) is 0 Å². The highest BCUT2D eigenvalue weighted by Crippen LogP contribution is 2.29. The molecule has 1 aromatic rings. The third-order valence-electron chi connectivity index (χ3n) is 1.90. The van der Waals surface area contributed by atoms with Crippen molar-refractivity contribution in [1.29, 1.82) is 0 Å². The fraction of sp³-hybridized carbons (Fsp3) is 0.429. The first-order valence-electron chi connectivity index (χ1n) is 5.51. The molecular formula is C14H19ClO. The standard InChI is InChI=1S/C12H13ClO.C2H6/c1-4-7-14-12-6-5-10(13)8-11(12)9(2)3;1-2/h1,5-6,8-9H,7H2,2-3H3;1-2H3. The van der Waals surface area contributed by atoms with Crippen LogP contribution in [0.3, 0.4) is 0 Å². The van der Waals surface area contributed by atoms with Crippen LogP contribution < -0.4 is 4.74 Å². The lowest BCUT2D eigenvalue weighted by atomic mass is 10.0. The summed E-state index contributed by atoms with van der Waals surface area (Å²) in [5.74, 6) is 3.64. The van der Waals surface area contributed by atoms with Gasteiger partial charge in [0.1, 0.15) is 12.4 Å². The van der Waals surface area contributed by atoms with Gasteiger partial charge in [0.2, 0.25) is 0 Å².